The molecule has 20 heavy (non-hydrogen) atoms. The molecule has 0 radical (unpaired) electrons. The van der Waals surface area contributed by atoms with Crippen molar-refractivity contribution >= 4 is 17.7 Å². The molecule has 8 heteroatoms. The van der Waals surface area contributed by atoms with Gasteiger partial charge in [0.2, 0.25) is 5.82 Å². The third-order valence-electron chi connectivity index (χ3n) is 2.83. The summed E-state index contributed by atoms with van der Waals surface area (Å²) in [5, 5.41) is 15.3. The highest BCUT2D eigenvalue weighted by atomic mass is 16.4. The van der Waals surface area contributed by atoms with E-state index in [-0.39, 0.29) is 12.2 Å². The van der Waals surface area contributed by atoms with Crippen LogP contribution in [0.5, 0.6) is 0 Å². The van der Waals surface area contributed by atoms with Crippen LogP contribution in [-0.4, -0.2) is 42.6 Å². The van der Waals surface area contributed by atoms with Crippen LogP contribution in [0.3, 0.4) is 0 Å². The first kappa shape index (κ1) is 13.9. The van der Waals surface area contributed by atoms with Crippen LogP contribution in [0.15, 0.2) is 6.07 Å². The fourth-order valence-corrected chi connectivity index (χ4v) is 1.82. The highest BCUT2D eigenvalue weighted by Gasteiger charge is 2.21. The minimum atomic E-state index is -1.09. The Morgan fingerprint density at radius 3 is 2.70 bits per heavy atom. The number of aryl methyl sites for hydroxylation is 2. The van der Waals surface area contributed by atoms with Crippen LogP contribution in [-0.2, 0) is 4.79 Å². The molecule has 0 saturated carbocycles. The molecule has 0 fully saturated rings. The van der Waals surface area contributed by atoms with E-state index in [1.807, 2.05) is 19.9 Å². The Morgan fingerprint density at radius 2 is 2.10 bits per heavy atom. The molecular formula is C12H15N5O3. The van der Waals surface area contributed by atoms with Crippen LogP contribution in [0.1, 0.15) is 35.4 Å². The predicted molar refractivity (Wildman–Crippen MR) is 69.4 cm³/mol. The molecule has 8 nitrogen and oxygen atoms in total. The van der Waals surface area contributed by atoms with E-state index in [2.05, 4.69) is 20.4 Å². The first-order chi connectivity index (χ1) is 9.42. The van der Waals surface area contributed by atoms with Crippen molar-refractivity contribution in [3.05, 3.63) is 23.3 Å². The van der Waals surface area contributed by atoms with Gasteiger partial charge in [0.15, 0.2) is 0 Å². The van der Waals surface area contributed by atoms with Crippen molar-refractivity contribution in [3.63, 3.8) is 0 Å². The molecule has 0 aromatic carbocycles. The Kier molecular flexibility index (Phi) is 3.64. The van der Waals surface area contributed by atoms with Crippen LogP contribution >= 0.6 is 0 Å². The second kappa shape index (κ2) is 5.24. The molecule has 0 spiro atoms. The van der Waals surface area contributed by atoms with E-state index >= 15 is 0 Å². The Labute approximate surface area is 114 Å². The van der Waals surface area contributed by atoms with E-state index in [0.717, 1.165) is 11.4 Å². The molecule has 0 aliphatic heterocycles. The number of amides is 1. The van der Waals surface area contributed by atoms with Crippen LogP contribution in [0.2, 0.25) is 0 Å². The summed E-state index contributed by atoms with van der Waals surface area (Å²) in [6.07, 6.45) is 0.283. The van der Waals surface area contributed by atoms with Gasteiger partial charge in [0, 0.05) is 11.4 Å². The smallest absolute Gasteiger partial charge is 0.326 e. The predicted octanol–water partition coefficient (Wildman–Crippen LogP) is 0.334. The summed E-state index contributed by atoms with van der Waals surface area (Å²) in [5.74, 6) is -1.49. The number of hydrogen-bond donors (Lipinski definition) is 2. The summed E-state index contributed by atoms with van der Waals surface area (Å²) in [6.45, 7) is 5.31. The second-order valence-electron chi connectivity index (χ2n) is 4.46. The lowest BCUT2D eigenvalue weighted by atomic mass is 10.2. The third kappa shape index (κ3) is 2.58. The van der Waals surface area contributed by atoms with Gasteiger partial charge in [0.25, 0.3) is 11.7 Å². The average molecular weight is 277 g/mol. The van der Waals surface area contributed by atoms with Gasteiger partial charge < -0.3 is 10.4 Å². The van der Waals surface area contributed by atoms with Gasteiger partial charge in [-0.05, 0) is 26.3 Å². The van der Waals surface area contributed by atoms with Gasteiger partial charge >= 0.3 is 5.97 Å². The Hall–Kier alpha value is -2.51. The normalized spacial score (nSPS) is 12.3. The van der Waals surface area contributed by atoms with Gasteiger partial charge in [0.05, 0.1) is 0 Å². The lowest BCUT2D eigenvalue weighted by Gasteiger charge is -2.09. The number of nitrogens with one attached hydrogen (secondary N) is 1. The molecule has 2 N–H and O–H groups in total. The van der Waals surface area contributed by atoms with Crippen molar-refractivity contribution in [3.8, 4) is 0 Å². The van der Waals surface area contributed by atoms with E-state index in [0.29, 0.717) is 5.78 Å². The average Bonchev–Trinajstić information content (AvgIpc) is 2.79. The summed E-state index contributed by atoms with van der Waals surface area (Å²) in [6, 6.07) is 0.861. The lowest BCUT2D eigenvalue weighted by Crippen LogP contribution is -2.40. The number of carbonyl (C=O) groups excluding carboxylic acids is 1. The van der Waals surface area contributed by atoms with Crippen LogP contribution in [0.25, 0.3) is 5.78 Å². The summed E-state index contributed by atoms with van der Waals surface area (Å²) < 4.78 is 1.45. The van der Waals surface area contributed by atoms with E-state index < -0.39 is 17.9 Å². The minimum Gasteiger partial charge on any atom is -0.480 e. The molecule has 0 aliphatic carbocycles. The number of rotatable bonds is 4. The number of aliphatic carboxylic acids is 1. The van der Waals surface area contributed by atoms with Crippen molar-refractivity contribution < 1.29 is 14.7 Å². The second-order valence-corrected chi connectivity index (χ2v) is 4.46. The van der Waals surface area contributed by atoms with E-state index in [9.17, 15) is 9.59 Å². The van der Waals surface area contributed by atoms with Crippen molar-refractivity contribution in [2.24, 2.45) is 0 Å². The monoisotopic (exact) mass is 277 g/mol. The molecule has 2 heterocycles. The number of fused-ring (bicyclic) bond motifs is 1. The third-order valence-corrected chi connectivity index (χ3v) is 2.83. The van der Waals surface area contributed by atoms with Gasteiger partial charge in [-0.15, -0.1) is 5.10 Å². The highest BCUT2D eigenvalue weighted by Crippen LogP contribution is 2.05. The molecule has 0 saturated heterocycles. The number of nitrogens with zero attached hydrogens (tertiary/aromatic N) is 4. The number of carbonyl (C=O) groups is 2. The summed E-state index contributed by atoms with van der Waals surface area (Å²) in [7, 11) is 0. The fraction of sp³-hybridized carbons (Fsp3) is 0.417. The molecule has 1 atom stereocenters. The zero-order valence-electron chi connectivity index (χ0n) is 11.4. The maximum Gasteiger partial charge on any atom is 0.326 e. The first-order valence-corrected chi connectivity index (χ1v) is 6.17. The van der Waals surface area contributed by atoms with Gasteiger partial charge in [-0.1, -0.05) is 6.92 Å². The maximum absolute atomic E-state index is 11.9. The van der Waals surface area contributed by atoms with Crippen LogP contribution in [0.4, 0.5) is 0 Å². The minimum absolute atomic E-state index is 0.0918. The van der Waals surface area contributed by atoms with Crippen LogP contribution < -0.4 is 5.32 Å². The summed E-state index contributed by atoms with van der Waals surface area (Å²) in [4.78, 5) is 31.0. The van der Waals surface area contributed by atoms with Gasteiger partial charge in [-0.2, -0.15) is 4.98 Å². The molecule has 0 unspecified atom stereocenters. The molecule has 1 amide bonds. The number of hydrogen-bond acceptors (Lipinski definition) is 5. The molecular weight excluding hydrogens is 262 g/mol. The first-order valence-electron chi connectivity index (χ1n) is 6.17. The summed E-state index contributed by atoms with van der Waals surface area (Å²) >= 11 is 0. The van der Waals surface area contributed by atoms with Crippen molar-refractivity contribution in [1.82, 2.24) is 24.9 Å². The Balaban J connectivity index is 2.31. The molecule has 0 aliphatic rings. The number of aromatic nitrogens is 4. The molecule has 2 aromatic heterocycles. The zero-order valence-corrected chi connectivity index (χ0v) is 11.4. The number of carboxylic acids is 1. The molecule has 2 rings (SSSR count). The maximum atomic E-state index is 11.9. The summed E-state index contributed by atoms with van der Waals surface area (Å²) in [5.41, 5.74) is 1.57. The number of carboxylic acid groups (broad SMARTS) is 1. The van der Waals surface area contributed by atoms with Crippen molar-refractivity contribution in [1.29, 1.82) is 0 Å². The molecule has 0 bridgehead atoms. The van der Waals surface area contributed by atoms with Crippen molar-refractivity contribution in [2.45, 2.75) is 33.2 Å². The van der Waals surface area contributed by atoms with E-state index in [1.54, 1.807) is 6.92 Å². The van der Waals surface area contributed by atoms with E-state index in [1.165, 1.54) is 4.52 Å². The fourth-order valence-electron chi connectivity index (χ4n) is 1.82. The lowest BCUT2D eigenvalue weighted by molar-refractivity contribution is -0.139. The molecule has 106 valence electrons. The Bertz CT molecular complexity index is 679. The van der Waals surface area contributed by atoms with Gasteiger partial charge in [-0.25, -0.2) is 14.3 Å². The van der Waals surface area contributed by atoms with Crippen LogP contribution in [0, 0.1) is 13.8 Å². The molecule has 2 aromatic rings. The largest absolute Gasteiger partial charge is 0.480 e. The highest BCUT2D eigenvalue weighted by molar-refractivity contribution is 5.93. The SMILES string of the molecule is CC[C@H](NC(=O)c1nc2nc(C)cc(C)n2n1)C(=O)O. The van der Waals surface area contributed by atoms with Gasteiger partial charge in [0.1, 0.15) is 6.04 Å². The standard InChI is InChI=1S/C12H15N5O3/c1-4-8(11(19)20)14-10(18)9-15-12-13-6(2)5-7(3)17(12)16-9/h5,8H,4H2,1-3H3,(H,14,18)(H,19,20)/t8-/m0/s1. The van der Waals surface area contributed by atoms with Crippen molar-refractivity contribution in [2.75, 3.05) is 0 Å². The van der Waals surface area contributed by atoms with Gasteiger partial charge in [-0.3, -0.25) is 4.79 Å². The quantitative estimate of drug-likeness (QED) is 0.833. The zero-order chi connectivity index (χ0) is 14.9. The topological polar surface area (TPSA) is 109 Å². The van der Waals surface area contributed by atoms with E-state index in [4.69, 9.17) is 5.11 Å². The Morgan fingerprint density at radius 1 is 1.40 bits per heavy atom.